The molecule has 0 unspecified atom stereocenters. The van der Waals surface area contributed by atoms with Gasteiger partial charge in [-0.05, 0) is 42.8 Å². The highest BCUT2D eigenvalue weighted by molar-refractivity contribution is 7.80. The molecule has 2 aromatic rings. The van der Waals surface area contributed by atoms with Crippen molar-refractivity contribution in [3.05, 3.63) is 41.4 Å². The van der Waals surface area contributed by atoms with Crippen LogP contribution in [0.4, 0.5) is 5.13 Å². The van der Waals surface area contributed by atoms with E-state index in [9.17, 15) is 0 Å². The van der Waals surface area contributed by atoms with Crippen molar-refractivity contribution in [3.63, 3.8) is 0 Å². The summed E-state index contributed by atoms with van der Waals surface area (Å²) < 4.78 is 5.22. The molecule has 0 saturated carbocycles. The van der Waals surface area contributed by atoms with Gasteiger partial charge in [-0.25, -0.2) is 4.98 Å². The number of nitrogens with two attached hydrogens (primary N) is 1. The van der Waals surface area contributed by atoms with E-state index in [-0.39, 0.29) is 0 Å². The molecule has 1 aromatic carbocycles. The molecular weight excluding hydrogens is 290 g/mol. The zero-order valence-corrected chi connectivity index (χ0v) is 12.9. The van der Waals surface area contributed by atoms with Crippen molar-refractivity contribution in [2.24, 2.45) is 5.73 Å². The molecule has 0 radical (unpaired) electrons. The van der Waals surface area contributed by atoms with Gasteiger partial charge in [0.1, 0.15) is 5.75 Å². The Morgan fingerprint density at radius 2 is 2.35 bits per heavy atom. The summed E-state index contributed by atoms with van der Waals surface area (Å²) in [6.07, 6.45) is 3.65. The Balaban J connectivity index is 1.92. The number of aromatic nitrogens is 1. The van der Waals surface area contributed by atoms with Gasteiger partial charge in [-0.15, -0.1) is 11.3 Å². The third-order valence-corrected chi connectivity index (χ3v) is 3.91. The first-order valence-electron chi connectivity index (χ1n) is 6.30. The van der Waals surface area contributed by atoms with Gasteiger partial charge >= 0.3 is 0 Å². The minimum atomic E-state index is 0.366. The Morgan fingerprint density at radius 1 is 1.50 bits per heavy atom. The van der Waals surface area contributed by atoms with E-state index >= 15 is 0 Å². The predicted octanol–water partition coefficient (Wildman–Crippen LogP) is 2.83. The SMILES string of the molecule is COc1cccc(CCCN(C(N)=S)c2nccs2)c1. The fourth-order valence-electron chi connectivity index (χ4n) is 1.92. The minimum absolute atomic E-state index is 0.366. The average molecular weight is 307 g/mol. The Bertz CT molecular complexity index is 557. The summed E-state index contributed by atoms with van der Waals surface area (Å²) in [6.45, 7) is 0.764. The standard InChI is InChI=1S/C14H17N3OS2/c1-18-12-6-2-4-11(10-12)5-3-8-17(13(15)19)14-16-7-9-20-14/h2,4,6-7,9-10H,3,5,8H2,1H3,(H2,15,19). The van der Waals surface area contributed by atoms with Crippen molar-refractivity contribution >= 4 is 33.8 Å². The monoisotopic (exact) mass is 307 g/mol. The van der Waals surface area contributed by atoms with Gasteiger partial charge in [0, 0.05) is 18.1 Å². The average Bonchev–Trinajstić information content (AvgIpc) is 2.97. The third kappa shape index (κ3) is 3.91. The van der Waals surface area contributed by atoms with Crippen LogP contribution in [0, 0.1) is 0 Å². The topological polar surface area (TPSA) is 51.4 Å². The Labute approximate surface area is 128 Å². The van der Waals surface area contributed by atoms with Gasteiger partial charge in [0.2, 0.25) is 0 Å². The van der Waals surface area contributed by atoms with Crippen molar-refractivity contribution in [2.45, 2.75) is 12.8 Å². The van der Waals surface area contributed by atoms with Crippen LogP contribution in [0.2, 0.25) is 0 Å². The number of benzene rings is 1. The summed E-state index contributed by atoms with van der Waals surface area (Å²) in [4.78, 5) is 6.12. The third-order valence-electron chi connectivity index (χ3n) is 2.90. The summed E-state index contributed by atoms with van der Waals surface area (Å²) in [5.74, 6) is 0.883. The number of hydrogen-bond donors (Lipinski definition) is 1. The van der Waals surface area contributed by atoms with Crippen LogP contribution in [0.3, 0.4) is 0 Å². The Kier molecular flexibility index (Phi) is 5.31. The molecule has 4 nitrogen and oxygen atoms in total. The van der Waals surface area contributed by atoms with Crippen LogP contribution >= 0.6 is 23.6 Å². The van der Waals surface area contributed by atoms with Crippen LogP contribution in [-0.2, 0) is 6.42 Å². The smallest absolute Gasteiger partial charge is 0.191 e. The van der Waals surface area contributed by atoms with Gasteiger partial charge in [-0.3, -0.25) is 4.90 Å². The first-order chi connectivity index (χ1) is 9.70. The summed E-state index contributed by atoms with van der Waals surface area (Å²) in [5, 5.41) is 3.14. The minimum Gasteiger partial charge on any atom is -0.497 e. The fourth-order valence-corrected chi connectivity index (χ4v) is 2.84. The summed E-state index contributed by atoms with van der Waals surface area (Å²) in [5.41, 5.74) is 7.00. The van der Waals surface area contributed by atoms with Crippen molar-refractivity contribution in [2.75, 3.05) is 18.6 Å². The molecule has 0 fully saturated rings. The van der Waals surface area contributed by atoms with Crippen LogP contribution in [-0.4, -0.2) is 23.8 Å². The van der Waals surface area contributed by atoms with E-state index < -0.39 is 0 Å². The molecular formula is C14H17N3OS2. The molecule has 20 heavy (non-hydrogen) atoms. The number of anilines is 1. The first-order valence-corrected chi connectivity index (χ1v) is 7.59. The molecule has 0 atom stereocenters. The molecule has 0 aliphatic carbocycles. The van der Waals surface area contributed by atoms with Crippen LogP contribution in [0.1, 0.15) is 12.0 Å². The number of hydrogen-bond acceptors (Lipinski definition) is 4. The Hall–Kier alpha value is -1.66. The maximum atomic E-state index is 5.76. The fraction of sp³-hybridized carbons (Fsp3) is 0.286. The second kappa shape index (κ2) is 7.21. The quantitative estimate of drug-likeness (QED) is 0.832. The van der Waals surface area contributed by atoms with Crippen LogP contribution in [0.5, 0.6) is 5.75 Å². The Morgan fingerprint density at radius 3 is 3.00 bits per heavy atom. The van der Waals surface area contributed by atoms with Crippen LogP contribution < -0.4 is 15.4 Å². The predicted molar refractivity (Wildman–Crippen MR) is 87.6 cm³/mol. The highest BCUT2D eigenvalue weighted by Gasteiger charge is 2.11. The van der Waals surface area contributed by atoms with E-state index in [2.05, 4.69) is 17.1 Å². The maximum absolute atomic E-state index is 5.76. The molecule has 2 N–H and O–H groups in total. The lowest BCUT2D eigenvalue weighted by Gasteiger charge is -2.19. The number of thiocarbonyl (C=S) groups is 1. The highest BCUT2D eigenvalue weighted by Crippen LogP contribution is 2.19. The maximum Gasteiger partial charge on any atom is 0.191 e. The number of ether oxygens (including phenoxy) is 1. The van der Waals surface area contributed by atoms with E-state index in [1.54, 1.807) is 13.3 Å². The molecule has 2 rings (SSSR count). The van der Waals surface area contributed by atoms with Crippen molar-refractivity contribution < 1.29 is 4.74 Å². The molecule has 0 aliphatic heterocycles. The van der Waals surface area contributed by atoms with E-state index in [0.717, 1.165) is 30.3 Å². The summed E-state index contributed by atoms with van der Waals surface area (Å²) >= 11 is 6.62. The van der Waals surface area contributed by atoms with Crippen LogP contribution in [0.15, 0.2) is 35.8 Å². The van der Waals surface area contributed by atoms with Gasteiger partial charge in [0.15, 0.2) is 10.2 Å². The molecule has 0 amide bonds. The zero-order valence-electron chi connectivity index (χ0n) is 11.3. The van der Waals surface area contributed by atoms with Crippen LogP contribution in [0.25, 0.3) is 0 Å². The number of rotatable bonds is 6. The second-order valence-corrected chi connectivity index (χ2v) is 5.55. The summed E-state index contributed by atoms with van der Waals surface area (Å²) in [6, 6.07) is 8.09. The highest BCUT2D eigenvalue weighted by atomic mass is 32.1. The largest absolute Gasteiger partial charge is 0.497 e. The lowest BCUT2D eigenvalue weighted by atomic mass is 10.1. The number of aryl methyl sites for hydroxylation is 1. The number of thiazole rings is 1. The van der Waals surface area contributed by atoms with E-state index in [0.29, 0.717) is 5.11 Å². The molecule has 0 bridgehead atoms. The van der Waals surface area contributed by atoms with E-state index in [1.807, 2.05) is 22.4 Å². The van der Waals surface area contributed by atoms with Gasteiger partial charge in [0.05, 0.1) is 7.11 Å². The summed E-state index contributed by atoms with van der Waals surface area (Å²) in [7, 11) is 1.68. The number of methoxy groups -OCH3 is 1. The van der Waals surface area contributed by atoms with E-state index in [4.69, 9.17) is 22.7 Å². The van der Waals surface area contributed by atoms with E-state index in [1.165, 1.54) is 16.9 Å². The van der Waals surface area contributed by atoms with Crippen molar-refractivity contribution in [1.82, 2.24) is 4.98 Å². The molecule has 6 heteroatoms. The molecule has 1 heterocycles. The molecule has 106 valence electrons. The zero-order chi connectivity index (χ0) is 14.4. The molecule has 1 aromatic heterocycles. The van der Waals surface area contributed by atoms with Gasteiger partial charge in [-0.1, -0.05) is 12.1 Å². The second-order valence-electron chi connectivity index (χ2n) is 4.26. The molecule has 0 saturated heterocycles. The number of nitrogens with zero attached hydrogens (tertiary/aromatic N) is 2. The molecule has 0 aliphatic rings. The first kappa shape index (κ1) is 14.7. The van der Waals surface area contributed by atoms with Gasteiger partial charge in [-0.2, -0.15) is 0 Å². The molecule has 0 spiro atoms. The van der Waals surface area contributed by atoms with Gasteiger partial charge in [0.25, 0.3) is 0 Å². The van der Waals surface area contributed by atoms with Crippen molar-refractivity contribution in [3.8, 4) is 5.75 Å². The van der Waals surface area contributed by atoms with Gasteiger partial charge < -0.3 is 10.5 Å². The van der Waals surface area contributed by atoms with Crippen molar-refractivity contribution in [1.29, 1.82) is 0 Å². The lowest BCUT2D eigenvalue weighted by Crippen LogP contribution is -2.36. The normalized spacial score (nSPS) is 10.2. The lowest BCUT2D eigenvalue weighted by molar-refractivity contribution is 0.414.